The molecule has 0 atom stereocenters. The van der Waals surface area contributed by atoms with Gasteiger partial charge < -0.3 is 8.98 Å². The maximum absolute atomic E-state index is 12.8. The van der Waals surface area contributed by atoms with Crippen LogP contribution in [0.2, 0.25) is 5.02 Å². The summed E-state index contributed by atoms with van der Waals surface area (Å²) >= 11 is 6.57. The van der Waals surface area contributed by atoms with Crippen molar-refractivity contribution in [2.75, 3.05) is 0 Å². The number of furan rings is 1. The average Bonchev–Trinajstić information content (AvgIpc) is 3.49. The second-order valence-corrected chi connectivity index (χ2v) is 10.1. The van der Waals surface area contributed by atoms with Gasteiger partial charge in [0.1, 0.15) is 11.6 Å². The molecule has 0 unspecified atom stereocenters. The van der Waals surface area contributed by atoms with Gasteiger partial charge in [0.2, 0.25) is 0 Å². The zero-order valence-electron chi connectivity index (χ0n) is 18.6. The second kappa shape index (κ2) is 9.05. The summed E-state index contributed by atoms with van der Waals surface area (Å²) in [6.45, 7) is 2.29. The first-order chi connectivity index (χ1) is 16.8. The van der Waals surface area contributed by atoms with Crippen molar-refractivity contribution >= 4 is 38.6 Å². The number of amides is 1. The van der Waals surface area contributed by atoms with Crippen molar-refractivity contribution in [2.24, 2.45) is 0 Å². The molecular formula is C26H20ClN3O4S. The zero-order valence-corrected chi connectivity index (χ0v) is 20.2. The summed E-state index contributed by atoms with van der Waals surface area (Å²) in [5.74, 6) is 0.742. The van der Waals surface area contributed by atoms with Crippen LogP contribution in [0.25, 0.3) is 22.4 Å². The number of benzene rings is 3. The Morgan fingerprint density at radius 1 is 1.03 bits per heavy atom. The van der Waals surface area contributed by atoms with E-state index in [-0.39, 0.29) is 10.5 Å². The summed E-state index contributed by atoms with van der Waals surface area (Å²) in [5, 5.41) is 0.572. The van der Waals surface area contributed by atoms with Crippen molar-refractivity contribution in [3.05, 3.63) is 107 Å². The van der Waals surface area contributed by atoms with E-state index in [0.717, 1.165) is 22.7 Å². The highest BCUT2D eigenvalue weighted by molar-refractivity contribution is 7.90. The number of halogens is 1. The third-order valence-corrected chi connectivity index (χ3v) is 7.37. The Kier molecular flexibility index (Phi) is 5.92. The summed E-state index contributed by atoms with van der Waals surface area (Å²) in [7, 11) is -3.99. The molecule has 35 heavy (non-hydrogen) atoms. The van der Waals surface area contributed by atoms with Gasteiger partial charge in [0.05, 0.1) is 28.7 Å². The van der Waals surface area contributed by atoms with E-state index in [0.29, 0.717) is 22.6 Å². The van der Waals surface area contributed by atoms with Crippen LogP contribution in [0.4, 0.5) is 0 Å². The van der Waals surface area contributed by atoms with Crippen LogP contribution in [0, 0.1) is 6.92 Å². The van der Waals surface area contributed by atoms with Gasteiger partial charge in [0, 0.05) is 16.1 Å². The third-order valence-electron chi connectivity index (χ3n) is 5.67. The molecule has 0 aliphatic carbocycles. The predicted octanol–water partition coefficient (Wildman–Crippen LogP) is 5.43. The quantitative estimate of drug-likeness (QED) is 0.332. The minimum atomic E-state index is -3.99. The molecule has 5 rings (SSSR count). The van der Waals surface area contributed by atoms with Gasteiger partial charge in [-0.3, -0.25) is 4.79 Å². The highest BCUT2D eigenvalue weighted by Gasteiger charge is 2.20. The number of carbonyl (C=O) groups excluding carboxylic acids is 1. The SMILES string of the molecule is Cc1nc2ccc(C(=O)NS(=O)(=O)c3ccccc3)cc2n1Cc1ccc(-c2ccco2)cc1Cl. The number of aryl methyl sites for hydroxylation is 1. The number of sulfonamides is 1. The fraction of sp³-hybridized carbons (Fsp3) is 0.0769. The maximum Gasteiger partial charge on any atom is 0.265 e. The van der Waals surface area contributed by atoms with Crippen molar-refractivity contribution in [3.63, 3.8) is 0 Å². The number of carbonyl (C=O) groups is 1. The van der Waals surface area contributed by atoms with E-state index in [9.17, 15) is 13.2 Å². The molecule has 2 heterocycles. The molecule has 0 saturated carbocycles. The van der Waals surface area contributed by atoms with E-state index in [2.05, 4.69) is 9.71 Å². The molecule has 0 aliphatic heterocycles. The Balaban J connectivity index is 1.45. The first-order valence-corrected chi connectivity index (χ1v) is 12.6. The molecule has 1 amide bonds. The number of fused-ring (bicyclic) bond motifs is 1. The smallest absolute Gasteiger partial charge is 0.265 e. The number of nitrogens with one attached hydrogen (secondary N) is 1. The van der Waals surface area contributed by atoms with E-state index in [1.807, 2.05) is 41.8 Å². The Bertz CT molecular complexity index is 1640. The molecule has 3 aromatic carbocycles. The van der Waals surface area contributed by atoms with Gasteiger partial charge >= 0.3 is 0 Å². The van der Waals surface area contributed by atoms with Crippen LogP contribution in [0.5, 0.6) is 0 Å². The normalized spacial score (nSPS) is 11.6. The van der Waals surface area contributed by atoms with Crippen LogP contribution in [0.15, 0.2) is 94.4 Å². The van der Waals surface area contributed by atoms with Gasteiger partial charge in [-0.15, -0.1) is 0 Å². The lowest BCUT2D eigenvalue weighted by molar-refractivity contribution is 0.0981. The van der Waals surface area contributed by atoms with Crippen LogP contribution in [-0.2, 0) is 16.6 Å². The number of aromatic nitrogens is 2. The molecule has 9 heteroatoms. The third kappa shape index (κ3) is 4.58. The Morgan fingerprint density at radius 3 is 2.54 bits per heavy atom. The van der Waals surface area contributed by atoms with Gasteiger partial charge in [-0.1, -0.05) is 41.9 Å². The number of imidazole rings is 1. The Morgan fingerprint density at radius 2 is 1.83 bits per heavy atom. The lowest BCUT2D eigenvalue weighted by Crippen LogP contribution is -2.30. The second-order valence-electron chi connectivity index (χ2n) is 7.98. The molecule has 7 nitrogen and oxygen atoms in total. The molecule has 2 aromatic heterocycles. The topological polar surface area (TPSA) is 94.2 Å². The molecule has 0 saturated heterocycles. The largest absolute Gasteiger partial charge is 0.464 e. The minimum Gasteiger partial charge on any atom is -0.464 e. The van der Waals surface area contributed by atoms with Gasteiger partial charge in [-0.2, -0.15) is 0 Å². The molecule has 0 spiro atoms. The lowest BCUT2D eigenvalue weighted by atomic mass is 10.1. The predicted molar refractivity (Wildman–Crippen MR) is 134 cm³/mol. The van der Waals surface area contributed by atoms with Gasteiger partial charge in [0.25, 0.3) is 15.9 Å². The van der Waals surface area contributed by atoms with E-state index in [1.54, 1.807) is 42.7 Å². The van der Waals surface area contributed by atoms with Gasteiger partial charge in [-0.05, 0) is 61.0 Å². The lowest BCUT2D eigenvalue weighted by Gasteiger charge is -2.11. The number of hydrogen-bond donors (Lipinski definition) is 1. The standard InChI is InChI=1S/C26H20ClN3O4S/c1-17-28-23-12-11-19(26(31)29-35(32,33)21-6-3-2-4-7-21)15-24(23)30(17)16-20-10-9-18(14-22(20)27)25-8-5-13-34-25/h2-15H,16H2,1H3,(H,29,31). The summed E-state index contributed by atoms with van der Waals surface area (Å²) in [4.78, 5) is 17.4. The first-order valence-electron chi connectivity index (χ1n) is 10.7. The highest BCUT2D eigenvalue weighted by Crippen LogP contribution is 2.28. The number of nitrogens with zero attached hydrogens (tertiary/aromatic N) is 2. The molecule has 5 aromatic rings. The monoisotopic (exact) mass is 505 g/mol. The number of hydrogen-bond acceptors (Lipinski definition) is 5. The minimum absolute atomic E-state index is 0.0166. The van der Waals surface area contributed by atoms with Crippen LogP contribution < -0.4 is 4.72 Å². The van der Waals surface area contributed by atoms with Crippen molar-refractivity contribution < 1.29 is 17.6 Å². The molecule has 0 aliphatic rings. The molecule has 176 valence electrons. The Hall–Kier alpha value is -3.88. The first kappa shape index (κ1) is 22.9. The average molecular weight is 506 g/mol. The fourth-order valence-corrected chi connectivity index (χ4v) is 5.10. The van der Waals surface area contributed by atoms with E-state index in [1.165, 1.54) is 12.1 Å². The number of rotatable bonds is 6. The summed E-state index contributed by atoms with van der Waals surface area (Å²) in [5.41, 5.74) is 3.32. The van der Waals surface area contributed by atoms with Crippen molar-refractivity contribution in [1.29, 1.82) is 0 Å². The van der Waals surface area contributed by atoms with E-state index in [4.69, 9.17) is 16.0 Å². The molecule has 1 N–H and O–H groups in total. The van der Waals surface area contributed by atoms with Crippen LogP contribution in [0.1, 0.15) is 21.7 Å². The van der Waals surface area contributed by atoms with Crippen LogP contribution in [-0.4, -0.2) is 23.9 Å². The van der Waals surface area contributed by atoms with Crippen LogP contribution >= 0.6 is 11.6 Å². The molecule has 0 radical (unpaired) electrons. The van der Waals surface area contributed by atoms with Crippen molar-refractivity contribution in [2.45, 2.75) is 18.4 Å². The molecule has 0 fully saturated rings. The summed E-state index contributed by atoms with van der Waals surface area (Å²) in [6, 6.07) is 22.0. The zero-order chi connectivity index (χ0) is 24.6. The molecular weight excluding hydrogens is 486 g/mol. The summed E-state index contributed by atoms with van der Waals surface area (Å²) in [6.07, 6.45) is 1.61. The van der Waals surface area contributed by atoms with E-state index < -0.39 is 15.9 Å². The maximum atomic E-state index is 12.8. The van der Waals surface area contributed by atoms with Gasteiger partial charge in [-0.25, -0.2) is 18.1 Å². The van der Waals surface area contributed by atoms with Gasteiger partial charge in [0.15, 0.2) is 0 Å². The van der Waals surface area contributed by atoms with Crippen LogP contribution in [0.3, 0.4) is 0 Å². The van der Waals surface area contributed by atoms with E-state index >= 15 is 0 Å². The van der Waals surface area contributed by atoms with Crippen molar-refractivity contribution in [3.8, 4) is 11.3 Å². The van der Waals surface area contributed by atoms with Crippen molar-refractivity contribution in [1.82, 2.24) is 14.3 Å². The highest BCUT2D eigenvalue weighted by atomic mass is 35.5. The Labute approximate surface area is 207 Å². The molecule has 0 bridgehead atoms. The fourth-order valence-electron chi connectivity index (χ4n) is 3.87. The summed E-state index contributed by atoms with van der Waals surface area (Å²) < 4.78 is 34.7.